The van der Waals surface area contributed by atoms with Crippen LogP contribution in [-0.4, -0.2) is 37.1 Å². The van der Waals surface area contributed by atoms with Crippen molar-refractivity contribution in [1.29, 1.82) is 0 Å². The fourth-order valence-corrected chi connectivity index (χ4v) is 3.46. The second-order valence-electron chi connectivity index (χ2n) is 6.63. The zero-order valence-corrected chi connectivity index (χ0v) is 15.7. The number of carbonyl (C=O) groups excluding carboxylic acids is 1. The Hall–Kier alpha value is -2.20. The quantitative estimate of drug-likeness (QED) is 0.851. The number of halogens is 1. The number of para-hydroxylation sites is 1. The topological polar surface area (TPSA) is 35.6 Å². The van der Waals surface area contributed by atoms with E-state index in [1.807, 2.05) is 24.0 Å². The summed E-state index contributed by atoms with van der Waals surface area (Å²) in [6.45, 7) is 9.25. The fraction of sp³-hybridized carbons (Fsp3) is 0.350. The van der Waals surface area contributed by atoms with Crippen molar-refractivity contribution in [2.45, 2.75) is 20.8 Å². The number of rotatable bonds is 2. The molecule has 1 aliphatic rings. The van der Waals surface area contributed by atoms with Crippen LogP contribution in [-0.2, 0) is 0 Å². The molecule has 0 spiro atoms. The first kappa shape index (κ1) is 17.6. The minimum Gasteiger partial charge on any atom is -0.368 e. The SMILES string of the molecule is Cc1ccc(C)c(N2CCN(C(=O)Nc3c(C)cccc3Cl)CC2)c1. The van der Waals surface area contributed by atoms with Crippen LogP contribution in [0.2, 0.25) is 5.02 Å². The van der Waals surface area contributed by atoms with Crippen molar-refractivity contribution in [2.24, 2.45) is 0 Å². The highest BCUT2D eigenvalue weighted by molar-refractivity contribution is 6.33. The van der Waals surface area contributed by atoms with Crippen LogP contribution in [0.25, 0.3) is 0 Å². The predicted molar refractivity (Wildman–Crippen MR) is 105 cm³/mol. The molecule has 0 saturated carbocycles. The van der Waals surface area contributed by atoms with E-state index in [4.69, 9.17) is 11.6 Å². The van der Waals surface area contributed by atoms with Gasteiger partial charge in [-0.05, 0) is 49.6 Å². The molecule has 1 saturated heterocycles. The largest absolute Gasteiger partial charge is 0.368 e. The molecule has 0 unspecified atom stereocenters. The normalized spacial score (nSPS) is 14.6. The van der Waals surface area contributed by atoms with E-state index in [0.29, 0.717) is 23.8 Å². The summed E-state index contributed by atoms with van der Waals surface area (Å²) in [5.74, 6) is 0. The summed E-state index contributed by atoms with van der Waals surface area (Å²) in [5, 5.41) is 3.53. The maximum Gasteiger partial charge on any atom is 0.322 e. The Morgan fingerprint density at radius 2 is 1.72 bits per heavy atom. The molecule has 0 radical (unpaired) electrons. The van der Waals surface area contributed by atoms with Gasteiger partial charge in [0.25, 0.3) is 0 Å². The summed E-state index contributed by atoms with van der Waals surface area (Å²) in [5.41, 5.74) is 5.47. The van der Waals surface area contributed by atoms with Crippen molar-refractivity contribution in [3.8, 4) is 0 Å². The van der Waals surface area contributed by atoms with Crippen molar-refractivity contribution in [2.75, 3.05) is 36.4 Å². The highest BCUT2D eigenvalue weighted by atomic mass is 35.5. The summed E-state index contributed by atoms with van der Waals surface area (Å²) < 4.78 is 0. The van der Waals surface area contributed by atoms with Crippen LogP contribution in [0.4, 0.5) is 16.2 Å². The van der Waals surface area contributed by atoms with Gasteiger partial charge in [-0.15, -0.1) is 0 Å². The van der Waals surface area contributed by atoms with E-state index < -0.39 is 0 Å². The number of carbonyl (C=O) groups is 1. The van der Waals surface area contributed by atoms with E-state index in [0.717, 1.165) is 18.7 Å². The number of hydrogen-bond donors (Lipinski definition) is 1. The van der Waals surface area contributed by atoms with E-state index in [1.165, 1.54) is 16.8 Å². The molecule has 0 aromatic heterocycles. The van der Waals surface area contributed by atoms with Crippen molar-refractivity contribution in [3.05, 3.63) is 58.1 Å². The van der Waals surface area contributed by atoms with Crippen LogP contribution >= 0.6 is 11.6 Å². The Morgan fingerprint density at radius 3 is 2.40 bits per heavy atom. The number of aryl methyl sites for hydroxylation is 3. The van der Waals surface area contributed by atoms with Crippen LogP contribution in [0.3, 0.4) is 0 Å². The molecule has 25 heavy (non-hydrogen) atoms. The molecule has 4 nitrogen and oxygen atoms in total. The number of amides is 2. The molecule has 2 amide bonds. The summed E-state index contributed by atoms with van der Waals surface area (Å²) in [4.78, 5) is 16.8. The Balaban J connectivity index is 1.64. The first-order valence-electron chi connectivity index (χ1n) is 8.59. The molecule has 5 heteroatoms. The van der Waals surface area contributed by atoms with Gasteiger partial charge in [0.1, 0.15) is 0 Å². The van der Waals surface area contributed by atoms with E-state index in [1.54, 1.807) is 6.07 Å². The average Bonchev–Trinajstić information content (AvgIpc) is 2.60. The van der Waals surface area contributed by atoms with E-state index >= 15 is 0 Å². The lowest BCUT2D eigenvalue weighted by molar-refractivity contribution is 0.208. The minimum absolute atomic E-state index is 0.0863. The van der Waals surface area contributed by atoms with Crippen molar-refractivity contribution < 1.29 is 4.79 Å². The van der Waals surface area contributed by atoms with Gasteiger partial charge >= 0.3 is 6.03 Å². The first-order valence-corrected chi connectivity index (χ1v) is 8.97. The number of nitrogens with zero attached hydrogens (tertiary/aromatic N) is 2. The Bertz CT molecular complexity index is 762. The summed E-state index contributed by atoms with van der Waals surface area (Å²) in [6.07, 6.45) is 0. The second-order valence-corrected chi connectivity index (χ2v) is 7.03. The van der Waals surface area contributed by atoms with Gasteiger partial charge in [0.2, 0.25) is 0 Å². The monoisotopic (exact) mass is 357 g/mol. The Morgan fingerprint density at radius 1 is 1.00 bits per heavy atom. The zero-order chi connectivity index (χ0) is 18.0. The molecule has 2 aromatic carbocycles. The Labute approximate surface area is 154 Å². The molecule has 1 aliphatic heterocycles. The third-order valence-electron chi connectivity index (χ3n) is 4.73. The van der Waals surface area contributed by atoms with Crippen LogP contribution in [0.1, 0.15) is 16.7 Å². The fourth-order valence-electron chi connectivity index (χ4n) is 3.19. The molecular weight excluding hydrogens is 334 g/mol. The van der Waals surface area contributed by atoms with Gasteiger partial charge in [0.15, 0.2) is 0 Å². The summed E-state index contributed by atoms with van der Waals surface area (Å²) in [7, 11) is 0. The number of urea groups is 1. The Kier molecular flexibility index (Phi) is 5.19. The van der Waals surface area contributed by atoms with Gasteiger partial charge in [-0.1, -0.05) is 35.9 Å². The van der Waals surface area contributed by atoms with Gasteiger partial charge in [0.05, 0.1) is 10.7 Å². The first-order chi connectivity index (χ1) is 12.0. The summed E-state index contributed by atoms with van der Waals surface area (Å²) >= 11 is 6.21. The van der Waals surface area contributed by atoms with E-state index in [-0.39, 0.29) is 6.03 Å². The molecule has 1 heterocycles. The zero-order valence-electron chi connectivity index (χ0n) is 15.0. The molecule has 0 aliphatic carbocycles. The predicted octanol–water partition coefficient (Wildman–Crippen LogP) is 4.62. The summed E-state index contributed by atoms with van der Waals surface area (Å²) in [6, 6.07) is 12.0. The van der Waals surface area contributed by atoms with Gasteiger partial charge in [-0.2, -0.15) is 0 Å². The molecule has 2 aromatic rings. The number of anilines is 2. The van der Waals surface area contributed by atoms with Crippen molar-refractivity contribution in [1.82, 2.24) is 4.90 Å². The van der Waals surface area contributed by atoms with Crippen LogP contribution in [0, 0.1) is 20.8 Å². The van der Waals surface area contributed by atoms with Crippen LogP contribution in [0.15, 0.2) is 36.4 Å². The van der Waals surface area contributed by atoms with E-state index in [2.05, 4.69) is 42.3 Å². The van der Waals surface area contributed by atoms with Gasteiger partial charge in [-0.25, -0.2) is 4.79 Å². The number of nitrogens with one attached hydrogen (secondary N) is 1. The number of hydrogen-bond acceptors (Lipinski definition) is 2. The lowest BCUT2D eigenvalue weighted by atomic mass is 10.1. The van der Waals surface area contributed by atoms with Gasteiger partial charge in [0, 0.05) is 31.9 Å². The highest BCUT2D eigenvalue weighted by Crippen LogP contribution is 2.26. The minimum atomic E-state index is -0.0863. The second kappa shape index (κ2) is 7.36. The number of benzene rings is 2. The molecular formula is C20H24ClN3O. The van der Waals surface area contributed by atoms with Crippen LogP contribution < -0.4 is 10.2 Å². The maximum absolute atomic E-state index is 12.6. The maximum atomic E-state index is 12.6. The standard InChI is InChI=1S/C20H24ClN3O/c1-14-7-8-15(2)18(13-14)23-9-11-24(12-10-23)20(25)22-19-16(3)5-4-6-17(19)21/h4-8,13H,9-12H2,1-3H3,(H,22,25). The van der Waals surface area contributed by atoms with Gasteiger partial charge in [-0.3, -0.25) is 0 Å². The van der Waals surface area contributed by atoms with Crippen molar-refractivity contribution in [3.63, 3.8) is 0 Å². The highest BCUT2D eigenvalue weighted by Gasteiger charge is 2.23. The smallest absolute Gasteiger partial charge is 0.322 e. The lowest BCUT2D eigenvalue weighted by Crippen LogP contribution is -2.50. The lowest BCUT2D eigenvalue weighted by Gasteiger charge is -2.37. The molecule has 0 bridgehead atoms. The third kappa shape index (κ3) is 3.90. The molecule has 1 N–H and O–H groups in total. The molecule has 132 valence electrons. The molecule has 1 fully saturated rings. The van der Waals surface area contributed by atoms with Crippen molar-refractivity contribution >= 4 is 29.0 Å². The third-order valence-corrected chi connectivity index (χ3v) is 5.04. The number of piperazine rings is 1. The molecule has 0 atom stereocenters. The van der Waals surface area contributed by atoms with Gasteiger partial charge < -0.3 is 15.1 Å². The van der Waals surface area contributed by atoms with Crippen LogP contribution in [0.5, 0.6) is 0 Å². The average molecular weight is 358 g/mol. The van der Waals surface area contributed by atoms with E-state index in [9.17, 15) is 4.79 Å². The molecule has 3 rings (SSSR count).